The summed E-state index contributed by atoms with van der Waals surface area (Å²) in [7, 11) is 0. The predicted molar refractivity (Wildman–Crippen MR) is 69.8 cm³/mol. The van der Waals surface area contributed by atoms with E-state index in [-0.39, 0.29) is 159 Å². The molecule has 0 atom stereocenters. The number of aliphatic hydroxyl groups excluding tert-OH is 2. The summed E-state index contributed by atoms with van der Waals surface area (Å²) in [5.74, 6) is 0. The van der Waals surface area contributed by atoms with Crippen molar-refractivity contribution in [2.45, 2.75) is 44.6 Å². The van der Waals surface area contributed by atoms with E-state index in [0.717, 1.165) is 0 Å². The second-order valence-electron chi connectivity index (χ2n) is 0.283. The molecule has 0 spiro atoms. The van der Waals surface area contributed by atoms with Gasteiger partial charge in [0.2, 0.25) is 0 Å². The minimum absolute atomic E-state index is 0. The monoisotopic (exact) mass is 513 g/mol. The number of hydrogen-bond acceptors (Lipinski definition) is 4. The zero-order chi connectivity index (χ0) is 5.41. The SMILES string of the molecule is C.C.C.C.C.C.O.O.O.OCO.OCO.[Y].[Y].[Y]. The molecule has 0 aromatic carbocycles. The third-order valence-corrected chi connectivity index (χ3v) is 0. The fourth-order valence-electron chi connectivity index (χ4n) is 0. The van der Waals surface area contributed by atoms with Crippen molar-refractivity contribution in [3.63, 3.8) is 0 Å². The molecular formula is C8H38O7Y3. The first-order valence-corrected chi connectivity index (χ1v) is 1.26. The van der Waals surface area contributed by atoms with E-state index < -0.39 is 13.6 Å². The van der Waals surface area contributed by atoms with E-state index in [2.05, 4.69) is 0 Å². The standard InChI is InChI=1S/2CH4O2.6CH4.3H2O.3Y/c2*2-1-3;;;;;;;;;;;;/h2*2-3H,1H2;6*1H4;3*1H2;;;. The number of aliphatic hydroxyl groups is 4. The van der Waals surface area contributed by atoms with Gasteiger partial charge in [-0.25, -0.2) is 0 Å². The average molecular weight is 513 g/mol. The van der Waals surface area contributed by atoms with E-state index in [9.17, 15) is 0 Å². The summed E-state index contributed by atoms with van der Waals surface area (Å²) >= 11 is 0. The molecule has 0 fully saturated rings. The minimum atomic E-state index is -0.750. The summed E-state index contributed by atoms with van der Waals surface area (Å²) in [6, 6.07) is 0. The van der Waals surface area contributed by atoms with Gasteiger partial charge in [-0.3, -0.25) is 0 Å². The van der Waals surface area contributed by atoms with Gasteiger partial charge in [0.25, 0.3) is 0 Å². The molecule has 18 heavy (non-hydrogen) atoms. The van der Waals surface area contributed by atoms with Crippen molar-refractivity contribution in [3.05, 3.63) is 0 Å². The van der Waals surface area contributed by atoms with Crippen LogP contribution in [-0.4, -0.2) is 50.4 Å². The Kier molecular flexibility index (Phi) is 2720. The molecule has 0 aromatic heterocycles. The molecule has 0 bridgehead atoms. The Morgan fingerprint density at radius 3 is 0.389 bits per heavy atom. The van der Waals surface area contributed by atoms with Crippen molar-refractivity contribution in [3.8, 4) is 0 Å². The zero-order valence-corrected chi connectivity index (χ0v) is 15.0. The van der Waals surface area contributed by atoms with E-state index in [0.29, 0.717) is 0 Å². The molecule has 0 unspecified atom stereocenters. The van der Waals surface area contributed by atoms with Crippen LogP contribution in [0.4, 0.5) is 0 Å². The van der Waals surface area contributed by atoms with E-state index in [1.54, 1.807) is 0 Å². The molecule has 121 valence electrons. The molecule has 10 N–H and O–H groups in total. The molecular weight excluding hydrogens is 475 g/mol. The average Bonchev–Trinajstić information content (AvgIpc) is 1.39. The number of hydrogen-bond donors (Lipinski definition) is 4. The molecule has 0 saturated carbocycles. The molecule has 7 nitrogen and oxygen atoms in total. The van der Waals surface area contributed by atoms with Crippen LogP contribution in [0.3, 0.4) is 0 Å². The van der Waals surface area contributed by atoms with Gasteiger partial charge in [-0.2, -0.15) is 0 Å². The van der Waals surface area contributed by atoms with E-state index in [1.165, 1.54) is 0 Å². The van der Waals surface area contributed by atoms with Gasteiger partial charge >= 0.3 is 0 Å². The third-order valence-electron chi connectivity index (χ3n) is 0. The van der Waals surface area contributed by atoms with Gasteiger partial charge in [-0.15, -0.1) is 0 Å². The molecule has 0 saturated heterocycles. The molecule has 0 amide bonds. The van der Waals surface area contributed by atoms with Crippen LogP contribution in [0.2, 0.25) is 0 Å². The first-order chi connectivity index (χ1) is 2.83. The molecule has 10 heteroatoms. The number of rotatable bonds is 0. The molecule has 0 heterocycles. The maximum atomic E-state index is 7.12. The van der Waals surface area contributed by atoms with Gasteiger partial charge in [0.1, 0.15) is 13.6 Å². The Labute approximate surface area is 190 Å². The molecule has 0 rings (SSSR count). The van der Waals surface area contributed by atoms with Gasteiger partial charge in [0, 0.05) is 98.1 Å². The zero-order valence-electron chi connectivity index (χ0n) is 6.44. The first kappa shape index (κ1) is 171. The van der Waals surface area contributed by atoms with Crippen molar-refractivity contribution in [2.75, 3.05) is 13.6 Å². The van der Waals surface area contributed by atoms with Crippen LogP contribution in [0.1, 0.15) is 44.6 Å². The maximum Gasteiger partial charge on any atom is 0.140 e. The van der Waals surface area contributed by atoms with Crippen LogP contribution in [0.5, 0.6) is 0 Å². The van der Waals surface area contributed by atoms with E-state index >= 15 is 0 Å². The summed E-state index contributed by atoms with van der Waals surface area (Å²) in [6.07, 6.45) is 0. The van der Waals surface area contributed by atoms with Crippen molar-refractivity contribution >= 4 is 0 Å². The molecule has 0 aliphatic carbocycles. The largest absolute Gasteiger partial charge is 0.412 e. The van der Waals surface area contributed by atoms with Crippen LogP contribution in [0, 0.1) is 0 Å². The quantitative estimate of drug-likeness (QED) is 0.310. The molecule has 0 aliphatic rings. The topological polar surface area (TPSA) is 175 Å². The Morgan fingerprint density at radius 2 is 0.389 bits per heavy atom. The van der Waals surface area contributed by atoms with E-state index in [1.807, 2.05) is 0 Å². The predicted octanol–water partition coefficient (Wildman–Crippen LogP) is -0.808. The first-order valence-electron chi connectivity index (χ1n) is 1.26. The Hall–Kier alpha value is 3.03. The fourth-order valence-corrected chi connectivity index (χ4v) is 0. The Balaban J connectivity index is -0.000000000889. The smallest absolute Gasteiger partial charge is 0.140 e. The third kappa shape index (κ3) is 673. The second-order valence-corrected chi connectivity index (χ2v) is 0.283. The summed E-state index contributed by atoms with van der Waals surface area (Å²) in [6.45, 7) is -1.50. The van der Waals surface area contributed by atoms with Crippen molar-refractivity contribution in [2.24, 2.45) is 0 Å². The van der Waals surface area contributed by atoms with Crippen molar-refractivity contribution in [1.82, 2.24) is 0 Å². The molecule has 3 radical (unpaired) electrons. The molecule has 0 aliphatic heterocycles. The van der Waals surface area contributed by atoms with Gasteiger partial charge in [0.05, 0.1) is 0 Å². The summed E-state index contributed by atoms with van der Waals surface area (Å²) in [5, 5.41) is 28.5. The minimum Gasteiger partial charge on any atom is -0.412 e. The summed E-state index contributed by atoms with van der Waals surface area (Å²) in [5.41, 5.74) is 0. The van der Waals surface area contributed by atoms with Crippen molar-refractivity contribution in [1.29, 1.82) is 0 Å². The summed E-state index contributed by atoms with van der Waals surface area (Å²) < 4.78 is 0. The Bertz CT molecular complexity index is 28.7. The van der Waals surface area contributed by atoms with Crippen LogP contribution in [-0.2, 0) is 98.1 Å². The van der Waals surface area contributed by atoms with Crippen LogP contribution in [0.25, 0.3) is 0 Å². The normalized spacial score (nSPS) is 2.00. The molecule has 0 aromatic rings. The van der Waals surface area contributed by atoms with Gasteiger partial charge < -0.3 is 36.9 Å². The summed E-state index contributed by atoms with van der Waals surface area (Å²) in [4.78, 5) is 0. The van der Waals surface area contributed by atoms with Gasteiger partial charge in [-0.05, 0) is 0 Å². The van der Waals surface area contributed by atoms with E-state index in [4.69, 9.17) is 20.4 Å². The van der Waals surface area contributed by atoms with Crippen LogP contribution >= 0.6 is 0 Å². The van der Waals surface area contributed by atoms with Crippen LogP contribution in [0.15, 0.2) is 0 Å². The van der Waals surface area contributed by atoms with Crippen molar-refractivity contribution < 1.29 is 135 Å². The maximum absolute atomic E-state index is 7.12. The second kappa shape index (κ2) is 287. The van der Waals surface area contributed by atoms with Crippen LogP contribution < -0.4 is 0 Å². The van der Waals surface area contributed by atoms with Gasteiger partial charge in [0.15, 0.2) is 0 Å². The Morgan fingerprint density at radius 1 is 0.389 bits per heavy atom. The fraction of sp³-hybridized carbons (Fsp3) is 1.00. The van der Waals surface area contributed by atoms with Gasteiger partial charge in [-0.1, -0.05) is 44.6 Å².